The number of nitrogens with zero attached hydrogens (tertiary/aromatic N) is 1. The molecule has 0 radical (unpaired) electrons. The lowest BCUT2D eigenvalue weighted by Gasteiger charge is -2.35. The fourth-order valence-corrected chi connectivity index (χ4v) is 1.93. The molecule has 0 saturated heterocycles. The van der Waals surface area contributed by atoms with Crippen LogP contribution in [0.15, 0.2) is 0 Å². The van der Waals surface area contributed by atoms with Gasteiger partial charge in [0.05, 0.1) is 6.04 Å². The summed E-state index contributed by atoms with van der Waals surface area (Å²) in [5, 5.41) is 3.11. The van der Waals surface area contributed by atoms with Crippen molar-refractivity contribution in [3.63, 3.8) is 0 Å². The lowest BCUT2D eigenvalue weighted by Crippen LogP contribution is -2.45. The number of hydrogen-bond acceptors (Lipinski definition) is 3. The van der Waals surface area contributed by atoms with E-state index in [1.54, 1.807) is 0 Å². The second-order valence-electron chi connectivity index (χ2n) is 4.37. The van der Waals surface area contributed by atoms with Crippen LogP contribution < -0.4 is 11.1 Å². The van der Waals surface area contributed by atoms with Gasteiger partial charge in [-0.25, -0.2) is 0 Å². The van der Waals surface area contributed by atoms with Gasteiger partial charge in [-0.15, -0.1) is 0 Å². The topological polar surface area (TPSA) is 58.4 Å². The molecule has 1 fully saturated rings. The predicted octanol–water partition coefficient (Wildman–Crippen LogP) is 0.324. The first-order valence-electron chi connectivity index (χ1n) is 5.88. The number of nitrogens with one attached hydrogen (secondary N) is 1. The Morgan fingerprint density at radius 1 is 1.60 bits per heavy atom. The van der Waals surface area contributed by atoms with E-state index >= 15 is 0 Å². The minimum absolute atomic E-state index is 0.169. The van der Waals surface area contributed by atoms with E-state index in [2.05, 4.69) is 17.3 Å². The van der Waals surface area contributed by atoms with Crippen LogP contribution in [0.25, 0.3) is 0 Å². The smallest absolute Gasteiger partial charge is 0.234 e. The zero-order valence-corrected chi connectivity index (χ0v) is 9.83. The van der Waals surface area contributed by atoms with Gasteiger partial charge in [0.25, 0.3) is 0 Å². The highest BCUT2D eigenvalue weighted by atomic mass is 16.1. The molecule has 0 aliphatic heterocycles. The lowest BCUT2D eigenvalue weighted by molar-refractivity contribution is -0.120. The van der Waals surface area contributed by atoms with E-state index in [0.717, 1.165) is 25.6 Å². The summed E-state index contributed by atoms with van der Waals surface area (Å²) in [4.78, 5) is 13.4. The van der Waals surface area contributed by atoms with Gasteiger partial charge in [-0.1, -0.05) is 13.3 Å². The van der Waals surface area contributed by atoms with E-state index < -0.39 is 0 Å². The van der Waals surface area contributed by atoms with E-state index in [4.69, 9.17) is 5.73 Å². The second kappa shape index (κ2) is 6.08. The molecular formula is C11H23N3O. The van der Waals surface area contributed by atoms with Crippen LogP contribution >= 0.6 is 0 Å². The summed E-state index contributed by atoms with van der Waals surface area (Å²) < 4.78 is 0. The molecule has 1 aliphatic rings. The van der Waals surface area contributed by atoms with Crippen molar-refractivity contribution < 1.29 is 4.79 Å². The minimum atomic E-state index is -0.237. The largest absolute Gasteiger partial charge is 0.368 e. The molecule has 1 amide bonds. The van der Waals surface area contributed by atoms with Crippen molar-refractivity contribution in [1.29, 1.82) is 0 Å². The third kappa shape index (κ3) is 3.80. The molecule has 0 aromatic carbocycles. The summed E-state index contributed by atoms with van der Waals surface area (Å²) in [5.41, 5.74) is 5.31. The molecule has 1 atom stereocenters. The molecule has 1 saturated carbocycles. The maximum atomic E-state index is 11.1. The first kappa shape index (κ1) is 12.5. The summed E-state index contributed by atoms with van der Waals surface area (Å²) >= 11 is 0. The average Bonchev–Trinajstić information content (AvgIpc) is 2.08. The molecule has 4 nitrogen and oxygen atoms in total. The third-order valence-corrected chi connectivity index (χ3v) is 3.26. The normalized spacial score (nSPS) is 18.9. The first-order valence-corrected chi connectivity index (χ1v) is 5.88. The molecule has 0 bridgehead atoms. The maximum Gasteiger partial charge on any atom is 0.234 e. The van der Waals surface area contributed by atoms with Crippen molar-refractivity contribution in [2.75, 3.05) is 20.1 Å². The number of nitrogens with two attached hydrogens (primary N) is 1. The number of likely N-dealkylation sites (N-methyl/N-ethyl adjacent to an activating group) is 1. The average molecular weight is 213 g/mol. The van der Waals surface area contributed by atoms with Crippen LogP contribution in [0.5, 0.6) is 0 Å². The van der Waals surface area contributed by atoms with Gasteiger partial charge >= 0.3 is 0 Å². The molecule has 1 rings (SSSR count). The van der Waals surface area contributed by atoms with E-state index in [1.807, 2.05) is 6.92 Å². The van der Waals surface area contributed by atoms with E-state index in [1.165, 1.54) is 19.3 Å². The molecule has 0 aromatic rings. The molecule has 0 spiro atoms. The summed E-state index contributed by atoms with van der Waals surface area (Å²) in [7, 11) is 2.13. The molecule has 15 heavy (non-hydrogen) atoms. The Morgan fingerprint density at radius 3 is 2.67 bits per heavy atom. The van der Waals surface area contributed by atoms with Gasteiger partial charge in [-0.05, 0) is 32.9 Å². The van der Waals surface area contributed by atoms with Crippen molar-refractivity contribution in [1.82, 2.24) is 10.2 Å². The highest BCUT2D eigenvalue weighted by Crippen LogP contribution is 2.23. The number of rotatable bonds is 7. The molecule has 0 heterocycles. The number of carbonyl (C=O) groups is 1. The second-order valence-corrected chi connectivity index (χ2v) is 4.37. The van der Waals surface area contributed by atoms with Crippen LogP contribution in [-0.4, -0.2) is 43.0 Å². The molecule has 3 N–H and O–H groups in total. The standard InChI is InChI=1S/C11H23N3O/c1-3-13-10(11(12)15)7-8-14(2)9-5-4-6-9/h9-10,13H,3-8H2,1-2H3,(H2,12,15). The molecule has 4 heteroatoms. The number of carbonyl (C=O) groups excluding carboxylic acids is 1. The first-order chi connectivity index (χ1) is 7.15. The molecule has 1 aliphatic carbocycles. The molecule has 1 unspecified atom stereocenters. The third-order valence-electron chi connectivity index (χ3n) is 3.26. The van der Waals surface area contributed by atoms with E-state index in [-0.39, 0.29) is 11.9 Å². The zero-order valence-electron chi connectivity index (χ0n) is 9.83. The number of hydrogen-bond donors (Lipinski definition) is 2. The fourth-order valence-electron chi connectivity index (χ4n) is 1.93. The molecule has 88 valence electrons. The monoisotopic (exact) mass is 213 g/mol. The minimum Gasteiger partial charge on any atom is -0.368 e. The fraction of sp³-hybridized carbons (Fsp3) is 0.909. The summed E-state index contributed by atoms with van der Waals surface area (Å²) in [6.07, 6.45) is 4.77. The van der Waals surface area contributed by atoms with Gasteiger partial charge in [0, 0.05) is 12.6 Å². The highest BCUT2D eigenvalue weighted by molar-refractivity contribution is 5.79. The van der Waals surface area contributed by atoms with Crippen molar-refractivity contribution in [2.45, 2.75) is 44.7 Å². The van der Waals surface area contributed by atoms with Crippen molar-refractivity contribution in [2.24, 2.45) is 5.73 Å². The number of amides is 1. The Morgan fingerprint density at radius 2 is 2.27 bits per heavy atom. The van der Waals surface area contributed by atoms with Gasteiger partial charge in [0.1, 0.15) is 0 Å². The van der Waals surface area contributed by atoms with E-state index in [0.29, 0.717) is 0 Å². The molecule has 0 aromatic heterocycles. The van der Waals surface area contributed by atoms with Gasteiger partial charge in [0.15, 0.2) is 0 Å². The summed E-state index contributed by atoms with van der Waals surface area (Å²) in [5.74, 6) is -0.237. The maximum absolute atomic E-state index is 11.1. The van der Waals surface area contributed by atoms with Gasteiger partial charge in [0.2, 0.25) is 5.91 Å². The summed E-state index contributed by atoms with van der Waals surface area (Å²) in [6.45, 7) is 3.73. The molecular weight excluding hydrogens is 190 g/mol. The van der Waals surface area contributed by atoms with Crippen LogP contribution in [0.1, 0.15) is 32.6 Å². The Hall–Kier alpha value is -0.610. The lowest BCUT2D eigenvalue weighted by atomic mass is 9.91. The number of primary amides is 1. The van der Waals surface area contributed by atoms with E-state index in [9.17, 15) is 4.79 Å². The van der Waals surface area contributed by atoms with Crippen LogP contribution in [0.2, 0.25) is 0 Å². The van der Waals surface area contributed by atoms with Crippen molar-refractivity contribution >= 4 is 5.91 Å². The quantitative estimate of drug-likeness (QED) is 0.640. The summed E-state index contributed by atoms with van der Waals surface area (Å²) in [6, 6.07) is 0.567. The van der Waals surface area contributed by atoms with Gasteiger partial charge in [-0.3, -0.25) is 4.79 Å². The highest BCUT2D eigenvalue weighted by Gasteiger charge is 2.23. The van der Waals surface area contributed by atoms with Gasteiger partial charge < -0.3 is 16.0 Å². The Kier molecular flexibility index (Phi) is 5.05. The van der Waals surface area contributed by atoms with Crippen LogP contribution in [0.3, 0.4) is 0 Å². The SMILES string of the molecule is CCNC(CCN(C)C1CCC1)C(N)=O. The van der Waals surface area contributed by atoms with Crippen molar-refractivity contribution in [3.05, 3.63) is 0 Å². The van der Waals surface area contributed by atoms with Gasteiger partial charge in [-0.2, -0.15) is 0 Å². The van der Waals surface area contributed by atoms with Crippen LogP contribution in [-0.2, 0) is 4.79 Å². The van der Waals surface area contributed by atoms with Crippen molar-refractivity contribution in [3.8, 4) is 0 Å². The Labute approximate surface area is 92.2 Å². The zero-order chi connectivity index (χ0) is 11.3. The van der Waals surface area contributed by atoms with Crippen LogP contribution in [0, 0.1) is 0 Å². The Bertz CT molecular complexity index is 204. The van der Waals surface area contributed by atoms with Crippen LogP contribution in [0.4, 0.5) is 0 Å². The Balaban J connectivity index is 2.22. The predicted molar refractivity (Wildman–Crippen MR) is 61.5 cm³/mol.